The summed E-state index contributed by atoms with van der Waals surface area (Å²) in [6.45, 7) is 4.89. The first-order chi connectivity index (χ1) is 17.9. The lowest BCUT2D eigenvalue weighted by atomic mass is 10.00. The van der Waals surface area contributed by atoms with Crippen LogP contribution in [0.25, 0.3) is 0 Å². The molecule has 0 saturated carbocycles. The fourth-order valence-electron chi connectivity index (χ4n) is 4.55. The largest absolute Gasteiger partial charge is 0.497 e. The van der Waals surface area contributed by atoms with Crippen LogP contribution in [-0.4, -0.2) is 61.6 Å². The van der Waals surface area contributed by atoms with Crippen LogP contribution in [0.15, 0.2) is 60.0 Å². The Morgan fingerprint density at radius 3 is 2.49 bits per heavy atom. The zero-order valence-electron chi connectivity index (χ0n) is 21.8. The van der Waals surface area contributed by atoms with Crippen molar-refractivity contribution in [1.29, 1.82) is 0 Å². The van der Waals surface area contributed by atoms with Crippen LogP contribution in [-0.2, 0) is 11.2 Å². The lowest BCUT2D eigenvalue weighted by Crippen LogP contribution is -2.49. The summed E-state index contributed by atoms with van der Waals surface area (Å²) in [5.41, 5.74) is 1.62. The highest BCUT2D eigenvalue weighted by molar-refractivity contribution is 7.10. The first-order valence-electron chi connectivity index (χ1n) is 12.5. The van der Waals surface area contributed by atoms with Gasteiger partial charge in [0.15, 0.2) is 0 Å². The molecular formula is C29H34N2O5S. The molecule has 2 amide bonds. The molecular weight excluding hydrogens is 488 g/mol. The molecule has 0 unspecified atom stereocenters. The van der Waals surface area contributed by atoms with Crippen molar-refractivity contribution in [3.63, 3.8) is 0 Å². The summed E-state index contributed by atoms with van der Waals surface area (Å²) in [5.74, 6) is 1.73. The molecule has 0 N–H and O–H groups in total. The highest BCUT2D eigenvalue weighted by atomic mass is 32.1. The van der Waals surface area contributed by atoms with E-state index < -0.39 is 0 Å². The molecule has 2 atom stereocenters. The lowest BCUT2D eigenvalue weighted by molar-refractivity contribution is -0.136. The standard InChI is InChI=1S/C29H34N2O5S/c1-5-20(2)31(29(33)21-8-6-9-22(16-21)34-3)18-28(32)30-14-12-27-25(13-15-37-27)26(30)19-36-24-11-7-10-23(17-24)35-4/h6-11,13,15-17,20,26H,5,12,14,18-19H2,1-4H3/t20-,26-/m0/s1. The van der Waals surface area contributed by atoms with Gasteiger partial charge in [0.1, 0.15) is 30.4 Å². The number of benzene rings is 2. The van der Waals surface area contributed by atoms with Crippen LogP contribution in [0.3, 0.4) is 0 Å². The summed E-state index contributed by atoms with van der Waals surface area (Å²) < 4.78 is 16.8. The molecule has 0 spiro atoms. The van der Waals surface area contributed by atoms with E-state index in [0.717, 1.165) is 18.4 Å². The van der Waals surface area contributed by atoms with Gasteiger partial charge in [0.05, 0.1) is 20.3 Å². The smallest absolute Gasteiger partial charge is 0.254 e. The average Bonchev–Trinajstić information content (AvgIpc) is 3.43. The van der Waals surface area contributed by atoms with Crippen molar-refractivity contribution >= 4 is 23.2 Å². The summed E-state index contributed by atoms with van der Waals surface area (Å²) in [7, 11) is 3.19. The van der Waals surface area contributed by atoms with Gasteiger partial charge in [-0.1, -0.05) is 19.1 Å². The minimum absolute atomic E-state index is 0.000179. The second-order valence-electron chi connectivity index (χ2n) is 9.06. The number of fused-ring (bicyclic) bond motifs is 1. The number of ether oxygens (including phenoxy) is 3. The van der Waals surface area contributed by atoms with Crippen LogP contribution in [0, 0.1) is 0 Å². The number of carbonyl (C=O) groups excluding carboxylic acids is 2. The molecule has 1 aliphatic rings. The molecule has 8 heteroatoms. The number of rotatable bonds is 10. The predicted molar refractivity (Wildman–Crippen MR) is 145 cm³/mol. The Morgan fingerprint density at radius 1 is 1.05 bits per heavy atom. The van der Waals surface area contributed by atoms with Crippen molar-refractivity contribution in [2.24, 2.45) is 0 Å². The molecule has 1 aliphatic heterocycles. The predicted octanol–water partition coefficient (Wildman–Crippen LogP) is 5.21. The zero-order chi connectivity index (χ0) is 26.4. The summed E-state index contributed by atoms with van der Waals surface area (Å²) in [6.07, 6.45) is 1.53. The molecule has 196 valence electrons. The van der Waals surface area contributed by atoms with Gasteiger partial charge in [-0.25, -0.2) is 0 Å². The van der Waals surface area contributed by atoms with Gasteiger partial charge in [-0.3, -0.25) is 9.59 Å². The van der Waals surface area contributed by atoms with Gasteiger partial charge in [0.25, 0.3) is 5.91 Å². The highest BCUT2D eigenvalue weighted by Crippen LogP contribution is 2.34. The molecule has 0 aliphatic carbocycles. The van der Waals surface area contributed by atoms with Gasteiger partial charge in [0.2, 0.25) is 5.91 Å². The molecule has 4 rings (SSSR count). The third kappa shape index (κ3) is 6.07. The summed E-state index contributed by atoms with van der Waals surface area (Å²) in [6, 6.07) is 16.3. The Balaban J connectivity index is 1.55. The summed E-state index contributed by atoms with van der Waals surface area (Å²) >= 11 is 1.71. The Hall–Kier alpha value is -3.52. The van der Waals surface area contributed by atoms with Crippen LogP contribution in [0.4, 0.5) is 0 Å². The zero-order valence-corrected chi connectivity index (χ0v) is 22.6. The van der Waals surface area contributed by atoms with Gasteiger partial charge < -0.3 is 24.0 Å². The van der Waals surface area contributed by atoms with E-state index >= 15 is 0 Å². The van der Waals surface area contributed by atoms with Gasteiger partial charge in [-0.05, 0) is 67.1 Å². The van der Waals surface area contributed by atoms with Crippen LogP contribution >= 0.6 is 11.3 Å². The Labute approximate surface area is 222 Å². The van der Waals surface area contributed by atoms with Crippen molar-refractivity contribution < 1.29 is 23.8 Å². The van der Waals surface area contributed by atoms with Gasteiger partial charge in [0, 0.05) is 29.1 Å². The van der Waals surface area contributed by atoms with Gasteiger partial charge in [-0.15, -0.1) is 11.3 Å². The normalized spacial score (nSPS) is 15.5. The quantitative estimate of drug-likeness (QED) is 0.366. The number of thiophene rings is 1. The summed E-state index contributed by atoms with van der Waals surface area (Å²) in [5, 5.41) is 2.06. The van der Waals surface area contributed by atoms with Gasteiger partial charge >= 0.3 is 0 Å². The van der Waals surface area contributed by atoms with Gasteiger partial charge in [-0.2, -0.15) is 0 Å². The van der Waals surface area contributed by atoms with E-state index in [1.54, 1.807) is 54.7 Å². The molecule has 0 fully saturated rings. The van der Waals surface area contributed by atoms with E-state index in [4.69, 9.17) is 14.2 Å². The third-order valence-corrected chi connectivity index (χ3v) is 7.87. The molecule has 2 heterocycles. The first kappa shape index (κ1) is 26.5. The van der Waals surface area contributed by atoms with Crippen molar-refractivity contribution in [1.82, 2.24) is 9.80 Å². The number of hydrogen-bond donors (Lipinski definition) is 0. The lowest BCUT2D eigenvalue weighted by Gasteiger charge is -2.38. The number of methoxy groups -OCH3 is 2. The third-order valence-electron chi connectivity index (χ3n) is 6.87. The Bertz CT molecular complexity index is 1230. The number of nitrogens with zero attached hydrogens (tertiary/aromatic N) is 2. The topological polar surface area (TPSA) is 68.3 Å². The number of carbonyl (C=O) groups is 2. The van der Waals surface area contributed by atoms with E-state index in [0.29, 0.717) is 36.0 Å². The van der Waals surface area contributed by atoms with E-state index in [1.165, 1.54) is 4.88 Å². The second-order valence-corrected chi connectivity index (χ2v) is 10.1. The Kier molecular flexibility index (Phi) is 8.71. The number of hydrogen-bond acceptors (Lipinski definition) is 6. The van der Waals surface area contributed by atoms with E-state index in [2.05, 4.69) is 11.4 Å². The second kappa shape index (κ2) is 12.1. The molecule has 1 aromatic heterocycles. The highest BCUT2D eigenvalue weighted by Gasteiger charge is 2.34. The number of amides is 2. The van der Waals surface area contributed by atoms with E-state index in [-0.39, 0.29) is 30.4 Å². The van der Waals surface area contributed by atoms with Crippen LogP contribution in [0.5, 0.6) is 17.2 Å². The van der Waals surface area contributed by atoms with Crippen LogP contribution in [0.1, 0.15) is 47.1 Å². The maximum Gasteiger partial charge on any atom is 0.254 e. The van der Waals surface area contributed by atoms with Crippen LogP contribution < -0.4 is 14.2 Å². The first-order valence-corrected chi connectivity index (χ1v) is 13.4. The van der Waals surface area contributed by atoms with Crippen molar-refractivity contribution in [2.45, 2.75) is 38.8 Å². The van der Waals surface area contributed by atoms with E-state index in [1.807, 2.05) is 43.0 Å². The van der Waals surface area contributed by atoms with Crippen molar-refractivity contribution in [2.75, 3.05) is 33.9 Å². The maximum atomic E-state index is 13.8. The Morgan fingerprint density at radius 2 is 1.76 bits per heavy atom. The van der Waals surface area contributed by atoms with Crippen LogP contribution in [0.2, 0.25) is 0 Å². The maximum absolute atomic E-state index is 13.8. The average molecular weight is 523 g/mol. The molecule has 7 nitrogen and oxygen atoms in total. The monoisotopic (exact) mass is 522 g/mol. The van der Waals surface area contributed by atoms with Crippen molar-refractivity contribution in [3.05, 3.63) is 76.0 Å². The SMILES string of the molecule is CC[C@H](C)N(CC(=O)N1CCc2sccc2[C@@H]1COc1cccc(OC)c1)C(=O)c1cccc(OC)c1. The fourth-order valence-corrected chi connectivity index (χ4v) is 5.48. The fraction of sp³-hybridized carbons (Fsp3) is 0.379. The molecule has 0 radical (unpaired) electrons. The van der Waals surface area contributed by atoms with E-state index in [9.17, 15) is 9.59 Å². The minimum Gasteiger partial charge on any atom is -0.497 e. The molecule has 37 heavy (non-hydrogen) atoms. The molecule has 3 aromatic rings. The summed E-state index contributed by atoms with van der Waals surface area (Å²) in [4.78, 5) is 32.1. The molecule has 2 aromatic carbocycles. The minimum atomic E-state index is -0.237. The molecule has 0 bridgehead atoms. The van der Waals surface area contributed by atoms with Crippen molar-refractivity contribution in [3.8, 4) is 17.2 Å². The molecule has 0 saturated heterocycles.